The number of benzene rings is 1. The molecule has 13 heavy (non-hydrogen) atoms. The predicted octanol–water partition coefficient (Wildman–Crippen LogP) is 1.03. The third-order valence-corrected chi connectivity index (χ3v) is 2.14. The number of anilines is 1. The zero-order valence-corrected chi connectivity index (χ0v) is 7.35. The Morgan fingerprint density at radius 3 is 2.62 bits per heavy atom. The Morgan fingerprint density at radius 2 is 2.08 bits per heavy atom. The Kier molecular flexibility index (Phi) is 2.27. The van der Waals surface area contributed by atoms with Gasteiger partial charge in [-0.15, -0.1) is 0 Å². The summed E-state index contributed by atoms with van der Waals surface area (Å²) in [5, 5.41) is 8.85. The Morgan fingerprint density at radius 1 is 1.31 bits per heavy atom. The van der Waals surface area contributed by atoms with E-state index in [1.54, 1.807) is 0 Å². The molecule has 0 amide bonds. The maximum atomic E-state index is 8.85. The topological polar surface area (TPSA) is 35.8 Å². The van der Waals surface area contributed by atoms with Crippen LogP contribution in [0.1, 0.15) is 5.56 Å². The van der Waals surface area contributed by atoms with Gasteiger partial charge in [-0.1, -0.05) is 12.1 Å². The minimum atomic E-state index is 0.106. The molecule has 1 aliphatic rings. The van der Waals surface area contributed by atoms with Gasteiger partial charge >= 0.3 is 0 Å². The van der Waals surface area contributed by atoms with Crippen LogP contribution in [-0.2, 0) is 6.61 Å². The summed E-state index contributed by atoms with van der Waals surface area (Å²) in [5.74, 6) is 0. The smallest absolute Gasteiger partial charge is 0.0895 e. The molecule has 1 aromatic carbocycles. The van der Waals surface area contributed by atoms with Gasteiger partial charge in [-0.2, -0.15) is 0 Å². The maximum absolute atomic E-state index is 8.85. The molecule has 0 aliphatic carbocycles. The number of hydrogen-bond donors (Lipinski definition) is 1. The molecule has 0 fully saturated rings. The monoisotopic (exact) mass is 176 g/mol. The molecule has 1 aliphatic heterocycles. The van der Waals surface area contributed by atoms with Crippen molar-refractivity contribution >= 4 is 12.0 Å². The van der Waals surface area contributed by atoms with Crippen molar-refractivity contribution in [2.75, 3.05) is 18.0 Å². The van der Waals surface area contributed by atoms with E-state index in [4.69, 9.17) is 5.11 Å². The molecule has 0 spiro atoms. The highest BCUT2D eigenvalue weighted by molar-refractivity contribution is 5.80. The second-order valence-electron chi connectivity index (χ2n) is 3.04. The summed E-state index contributed by atoms with van der Waals surface area (Å²) in [6.07, 6.45) is 1.86. The number of hydrogen-bond acceptors (Lipinski definition) is 3. The predicted molar refractivity (Wildman–Crippen MR) is 53.1 cm³/mol. The maximum Gasteiger partial charge on any atom is 0.0895 e. The normalized spacial score (nSPS) is 15.3. The molecule has 0 saturated heterocycles. The van der Waals surface area contributed by atoms with Gasteiger partial charge in [0.25, 0.3) is 0 Å². The van der Waals surface area contributed by atoms with Crippen LogP contribution in [-0.4, -0.2) is 24.5 Å². The molecule has 0 radical (unpaired) electrons. The largest absolute Gasteiger partial charge is 0.392 e. The van der Waals surface area contributed by atoms with E-state index < -0.39 is 0 Å². The van der Waals surface area contributed by atoms with Crippen LogP contribution in [0.5, 0.6) is 0 Å². The van der Waals surface area contributed by atoms with Crippen LogP contribution in [0, 0.1) is 0 Å². The van der Waals surface area contributed by atoms with Crippen molar-refractivity contribution in [3.63, 3.8) is 0 Å². The first-order chi connectivity index (χ1) is 6.40. The highest BCUT2D eigenvalue weighted by atomic mass is 16.3. The zero-order valence-electron chi connectivity index (χ0n) is 7.35. The molecular weight excluding hydrogens is 164 g/mol. The first-order valence-electron chi connectivity index (χ1n) is 4.36. The fourth-order valence-electron chi connectivity index (χ4n) is 1.37. The molecule has 0 saturated carbocycles. The summed E-state index contributed by atoms with van der Waals surface area (Å²) in [5.41, 5.74) is 2.08. The average molecular weight is 176 g/mol. The lowest BCUT2D eigenvalue weighted by Gasteiger charge is -2.13. The molecule has 1 N–H and O–H groups in total. The Bertz CT molecular complexity index is 305. The van der Waals surface area contributed by atoms with E-state index in [0.717, 1.165) is 24.3 Å². The summed E-state index contributed by atoms with van der Waals surface area (Å²) < 4.78 is 0. The van der Waals surface area contributed by atoms with Crippen LogP contribution >= 0.6 is 0 Å². The van der Waals surface area contributed by atoms with Gasteiger partial charge in [0.05, 0.1) is 19.5 Å². The van der Waals surface area contributed by atoms with Gasteiger partial charge in [0, 0.05) is 12.2 Å². The van der Waals surface area contributed by atoms with E-state index >= 15 is 0 Å². The summed E-state index contributed by atoms with van der Waals surface area (Å²) in [6, 6.07) is 7.87. The van der Waals surface area contributed by atoms with Gasteiger partial charge in [-0.05, 0) is 17.7 Å². The molecule has 1 heterocycles. The molecule has 68 valence electrons. The first kappa shape index (κ1) is 8.26. The zero-order chi connectivity index (χ0) is 9.10. The molecule has 0 aromatic heterocycles. The Labute approximate surface area is 77.3 Å². The fourth-order valence-corrected chi connectivity index (χ4v) is 1.37. The second-order valence-corrected chi connectivity index (χ2v) is 3.04. The second kappa shape index (κ2) is 3.58. The number of aliphatic hydroxyl groups excluding tert-OH is 1. The molecule has 1 aromatic rings. The van der Waals surface area contributed by atoms with Crippen molar-refractivity contribution in [1.82, 2.24) is 0 Å². The first-order valence-corrected chi connectivity index (χ1v) is 4.36. The number of rotatable bonds is 2. The van der Waals surface area contributed by atoms with Crippen LogP contribution < -0.4 is 4.90 Å². The van der Waals surface area contributed by atoms with Gasteiger partial charge in [-0.25, -0.2) is 0 Å². The van der Waals surface area contributed by atoms with Gasteiger partial charge in [0.2, 0.25) is 0 Å². The lowest BCUT2D eigenvalue weighted by Crippen LogP contribution is -2.17. The van der Waals surface area contributed by atoms with Gasteiger partial charge in [0.15, 0.2) is 0 Å². The van der Waals surface area contributed by atoms with Crippen molar-refractivity contribution in [2.45, 2.75) is 6.61 Å². The van der Waals surface area contributed by atoms with E-state index in [1.165, 1.54) is 0 Å². The van der Waals surface area contributed by atoms with Crippen molar-refractivity contribution in [2.24, 2.45) is 4.99 Å². The Hall–Kier alpha value is -1.35. The van der Waals surface area contributed by atoms with Crippen LogP contribution in [0.25, 0.3) is 0 Å². The summed E-state index contributed by atoms with van der Waals surface area (Å²) in [4.78, 5) is 6.23. The minimum absolute atomic E-state index is 0.106. The Balaban J connectivity index is 2.17. The minimum Gasteiger partial charge on any atom is -0.392 e. The summed E-state index contributed by atoms with van der Waals surface area (Å²) >= 11 is 0. The highest BCUT2D eigenvalue weighted by Gasteiger charge is 2.06. The molecule has 0 atom stereocenters. The average Bonchev–Trinajstić information content (AvgIpc) is 2.71. The van der Waals surface area contributed by atoms with Gasteiger partial charge < -0.3 is 10.0 Å². The number of aliphatic hydroxyl groups is 1. The SMILES string of the molecule is OCc1ccc(N2C=NCC2)cc1. The lowest BCUT2D eigenvalue weighted by atomic mass is 10.2. The lowest BCUT2D eigenvalue weighted by molar-refractivity contribution is 0.282. The fraction of sp³-hybridized carbons (Fsp3) is 0.300. The van der Waals surface area contributed by atoms with Gasteiger partial charge in [-0.3, -0.25) is 4.99 Å². The number of aliphatic imine (C=N–C) groups is 1. The van der Waals surface area contributed by atoms with E-state index in [2.05, 4.69) is 9.89 Å². The van der Waals surface area contributed by atoms with E-state index in [0.29, 0.717) is 0 Å². The standard InChI is InChI=1S/C10H12N2O/c13-7-9-1-3-10(4-2-9)12-6-5-11-8-12/h1-4,8,13H,5-7H2. The van der Waals surface area contributed by atoms with Gasteiger partial charge in [0.1, 0.15) is 0 Å². The van der Waals surface area contributed by atoms with Crippen molar-refractivity contribution in [3.05, 3.63) is 29.8 Å². The highest BCUT2D eigenvalue weighted by Crippen LogP contribution is 2.15. The van der Waals surface area contributed by atoms with E-state index in [1.807, 2.05) is 30.6 Å². The quantitative estimate of drug-likeness (QED) is 0.730. The van der Waals surface area contributed by atoms with Crippen molar-refractivity contribution in [1.29, 1.82) is 0 Å². The molecule has 3 nitrogen and oxygen atoms in total. The van der Waals surface area contributed by atoms with Crippen LogP contribution in [0.4, 0.5) is 5.69 Å². The molecule has 2 rings (SSSR count). The molecule has 0 bridgehead atoms. The van der Waals surface area contributed by atoms with Crippen LogP contribution in [0.3, 0.4) is 0 Å². The summed E-state index contributed by atoms with van der Waals surface area (Å²) in [7, 11) is 0. The molecule has 3 heteroatoms. The van der Waals surface area contributed by atoms with E-state index in [9.17, 15) is 0 Å². The van der Waals surface area contributed by atoms with Crippen LogP contribution in [0.2, 0.25) is 0 Å². The molecular formula is C10H12N2O. The third-order valence-electron chi connectivity index (χ3n) is 2.14. The third kappa shape index (κ3) is 1.70. The van der Waals surface area contributed by atoms with Crippen molar-refractivity contribution < 1.29 is 5.11 Å². The van der Waals surface area contributed by atoms with E-state index in [-0.39, 0.29) is 6.61 Å². The molecule has 0 unspecified atom stereocenters. The number of nitrogens with zero attached hydrogens (tertiary/aromatic N) is 2. The van der Waals surface area contributed by atoms with Crippen molar-refractivity contribution in [3.8, 4) is 0 Å². The summed E-state index contributed by atoms with van der Waals surface area (Å²) in [6.45, 7) is 1.94. The van der Waals surface area contributed by atoms with Crippen LogP contribution in [0.15, 0.2) is 29.3 Å².